The van der Waals surface area contributed by atoms with Crippen molar-refractivity contribution in [2.24, 2.45) is 0 Å². The van der Waals surface area contributed by atoms with Gasteiger partial charge in [-0.05, 0) is 111 Å². The van der Waals surface area contributed by atoms with Gasteiger partial charge in [0.1, 0.15) is 0 Å². The molecule has 0 fully saturated rings. The monoisotopic (exact) mass is 800 g/mol. The fourth-order valence-corrected chi connectivity index (χ4v) is 8.46. The van der Waals surface area contributed by atoms with Gasteiger partial charge in [-0.3, -0.25) is 0 Å². The zero-order chi connectivity index (χ0) is 41.6. The van der Waals surface area contributed by atoms with E-state index in [4.69, 9.17) is 9.68 Å². The molecule has 0 saturated heterocycles. The second kappa shape index (κ2) is 15.3. The van der Waals surface area contributed by atoms with E-state index in [2.05, 4.69) is 72.8 Å². The Bertz CT molecular complexity index is 3060. The van der Waals surface area contributed by atoms with E-state index in [-0.39, 0.29) is 11.1 Å². The third-order valence-corrected chi connectivity index (χ3v) is 11.6. The van der Waals surface area contributed by atoms with E-state index in [0.29, 0.717) is 0 Å². The maximum Gasteiger partial charge on any atom is 0.363 e. The van der Waals surface area contributed by atoms with Crippen LogP contribution in [0.3, 0.4) is 0 Å². The first-order valence-corrected chi connectivity index (χ1v) is 20.5. The minimum Gasteiger partial charge on any atom is -0.330 e. The van der Waals surface area contributed by atoms with Gasteiger partial charge in [-0.2, -0.15) is 9.46 Å². The van der Waals surface area contributed by atoms with Gasteiger partial charge in [0.25, 0.3) is 0 Å². The van der Waals surface area contributed by atoms with Gasteiger partial charge in [0.15, 0.2) is 0 Å². The fourth-order valence-electron chi connectivity index (χ4n) is 8.46. The van der Waals surface area contributed by atoms with Crippen LogP contribution in [0.25, 0.3) is 88.1 Å². The van der Waals surface area contributed by atoms with Crippen molar-refractivity contribution in [2.45, 2.75) is 0 Å². The number of hydrogen-bond donors (Lipinski definition) is 0. The van der Waals surface area contributed by atoms with Crippen LogP contribution in [-0.2, 0) is 0 Å². The predicted molar refractivity (Wildman–Crippen MR) is 249 cm³/mol. The van der Waals surface area contributed by atoms with E-state index in [1.165, 1.54) is 6.07 Å². The van der Waals surface area contributed by atoms with Crippen LogP contribution >= 0.6 is 0 Å². The number of aromatic nitrogens is 2. The molecule has 0 aliphatic rings. The molecular formula is C56H36N2O4. The third kappa shape index (κ3) is 6.57. The number of carbonyl (C=O) groups excluding carboxylic acids is 2. The van der Waals surface area contributed by atoms with Gasteiger partial charge in [-0.15, -0.1) is 0 Å². The molecule has 0 amide bonds. The standard InChI is InChI=1S/C56H36N2O4/c59-55(61-57-51-28-24-41(37-14-5-1-6-15-37)33-47(51)48-34-42(25-29-52(48)57)38-16-7-2-8-17-38)45-22-13-23-46(32-45)56(60)62-58-53-30-26-43(39-18-9-3-10-19-39)35-49(53)50-36-44(27-31-54(50)58)40-20-11-4-12-21-40/h1-36H. The molecule has 0 bridgehead atoms. The van der Waals surface area contributed by atoms with Crippen LogP contribution in [0.1, 0.15) is 20.7 Å². The molecule has 0 N–H and O–H groups in total. The Morgan fingerprint density at radius 1 is 0.274 bits per heavy atom. The topological polar surface area (TPSA) is 62.5 Å². The lowest BCUT2D eigenvalue weighted by atomic mass is 10.0. The average Bonchev–Trinajstić information content (AvgIpc) is 3.82. The van der Waals surface area contributed by atoms with Crippen LogP contribution in [0.2, 0.25) is 0 Å². The predicted octanol–water partition coefficient (Wildman–Crippen LogP) is 13.1. The molecule has 0 saturated carbocycles. The summed E-state index contributed by atoms with van der Waals surface area (Å²) >= 11 is 0. The van der Waals surface area contributed by atoms with E-state index in [1.807, 2.05) is 121 Å². The molecule has 9 aromatic carbocycles. The molecule has 0 radical (unpaired) electrons. The number of rotatable bonds is 8. The Balaban J connectivity index is 0.943. The van der Waals surface area contributed by atoms with E-state index in [1.54, 1.807) is 27.7 Å². The lowest BCUT2D eigenvalue weighted by molar-refractivity contribution is 0.0499. The van der Waals surface area contributed by atoms with Crippen LogP contribution in [0.15, 0.2) is 218 Å². The van der Waals surface area contributed by atoms with Crippen molar-refractivity contribution in [3.63, 3.8) is 0 Å². The molecule has 11 aromatic rings. The first-order chi connectivity index (χ1) is 30.6. The summed E-state index contributed by atoms with van der Waals surface area (Å²) in [5.74, 6) is -1.23. The van der Waals surface area contributed by atoms with Crippen molar-refractivity contribution in [1.82, 2.24) is 9.46 Å². The highest BCUT2D eigenvalue weighted by Gasteiger charge is 2.21. The molecule has 2 aromatic heterocycles. The Kier molecular flexibility index (Phi) is 9.02. The smallest absolute Gasteiger partial charge is 0.330 e. The van der Waals surface area contributed by atoms with Crippen LogP contribution < -0.4 is 9.68 Å². The molecule has 294 valence electrons. The van der Waals surface area contributed by atoms with Gasteiger partial charge in [0.2, 0.25) is 0 Å². The van der Waals surface area contributed by atoms with Gasteiger partial charge < -0.3 is 9.68 Å². The normalized spacial score (nSPS) is 11.4. The van der Waals surface area contributed by atoms with Crippen LogP contribution in [0.5, 0.6) is 0 Å². The van der Waals surface area contributed by atoms with Crippen molar-refractivity contribution in [2.75, 3.05) is 0 Å². The first-order valence-electron chi connectivity index (χ1n) is 20.5. The minimum absolute atomic E-state index is 0.207. The van der Waals surface area contributed by atoms with Crippen molar-refractivity contribution in [3.05, 3.63) is 230 Å². The summed E-state index contributed by atoms with van der Waals surface area (Å²) in [5.41, 5.74) is 11.9. The van der Waals surface area contributed by atoms with Gasteiger partial charge in [-0.25, -0.2) is 9.59 Å². The molecule has 0 spiro atoms. The molecule has 2 heterocycles. The van der Waals surface area contributed by atoms with Crippen molar-refractivity contribution in [3.8, 4) is 44.5 Å². The van der Waals surface area contributed by atoms with E-state index in [9.17, 15) is 9.59 Å². The molecule has 11 rings (SSSR count). The number of hydrogen-bond acceptors (Lipinski definition) is 4. The third-order valence-electron chi connectivity index (χ3n) is 11.6. The van der Waals surface area contributed by atoms with Crippen molar-refractivity contribution >= 4 is 55.6 Å². The minimum atomic E-state index is -0.614. The average molecular weight is 801 g/mol. The van der Waals surface area contributed by atoms with Gasteiger partial charge in [0, 0.05) is 21.5 Å². The highest BCUT2D eigenvalue weighted by Crippen LogP contribution is 2.37. The summed E-state index contributed by atoms with van der Waals surface area (Å²) in [7, 11) is 0. The zero-order valence-electron chi connectivity index (χ0n) is 33.3. The largest absolute Gasteiger partial charge is 0.363 e. The van der Waals surface area contributed by atoms with Crippen molar-refractivity contribution < 1.29 is 19.3 Å². The number of carbonyl (C=O) groups is 2. The Hall–Kier alpha value is -8.48. The summed E-state index contributed by atoms with van der Waals surface area (Å²) in [5, 5.41) is 3.79. The fraction of sp³-hybridized carbons (Fsp3) is 0. The molecule has 6 heteroatoms. The maximum absolute atomic E-state index is 14.1. The number of benzene rings is 9. The molecule has 0 aliphatic heterocycles. The maximum atomic E-state index is 14.1. The van der Waals surface area contributed by atoms with E-state index < -0.39 is 11.9 Å². The van der Waals surface area contributed by atoms with E-state index >= 15 is 0 Å². The second-order valence-corrected chi connectivity index (χ2v) is 15.3. The Labute approximate surface area is 357 Å². The van der Waals surface area contributed by atoms with Gasteiger partial charge >= 0.3 is 11.9 Å². The summed E-state index contributed by atoms with van der Waals surface area (Å²) in [6.45, 7) is 0. The highest BCUT2D eigenvalue weighted by atomic mass is 16.7. The molecule has 0 aliphatic carbocycles. The summed E-state index contributed by atoms with van der Waals surface area (Å²) in [4.78, 5) is 40.7. The Morgan fingerprint density at radius 3 is 0.823 bits per heavy atom. The first kappa shape index (κ1) is 36.6. The van der Waals surface area contributed by atoms with Gasteiger partial charge in [-0.1, -0.05) is 152 Å². The van der Waals surface area contributed by atoms with E-state index in [0.717, 1.165) is 88.1 Å². The van der Waals surface area contributed by atoms with Crippen molar-refractivity contribution in [1.29, 1.82) is 0 Å². The number of nitrogens with zero attached hydrogens (tertiary/aromatic N) is 2. The van der Waals surface area contributed by atoms with Crippen LogP contribution in [0, 0.1) is 0 Å². The lowest BCUT2D eigenvalue weighted by Gasteiger charge is -2.11. The molecule has 6 nitrogen and oxygen atoms in total. The second-order valence-electron chi connectivity index (χ2n) is 15.3. The van der Waals surface area contributed by atoms with Crippen LogP contribution in [0.4, 0.5) is 0 Å². The van der Waals surface area contributed by atoms with Gasteiger partial charge in [0.05, 0.1) is 33.2 Å². The van der Waals surface area contributed by atoms with Crippen LogP contribution in [-0.4, -0.2) is 21.4 Å². The summed E-state index contributed by atoms with van der Waals surface area (Å²) in [6, 6.07) is 72.0. The molecule has 62 heavy (non-hydrogen) atoms. The SMILES string of the molecule is O=C(On1c2ccc(-c3ccccc3)cc2c2cc(-c3ccccc3)ccc21)c1cccc(C(=O)On2c3ccc(-c4ccccc4)cc3c3cc(-c4ccccc4)ccc32)c1. The summed E-state index contributed by atoms with van der Waals surface area (Å²) < 4.78 is 3.18. The highest BCUT2D eigenvalue weighted by molar-refractivity contribution is 6.12. The zero-order valence-corrected chi connectivity index (χ0v) is 33.3. The summed E-state index contributed by atoms with van der Waals surface area (Å²) in [6.07, 6.45) is 0. The molecule has 0 unspecified atom stereocenters. The molecule has 0 atom stereocenters. The quantitative estimate of drug-likeness (QED) is 0.154. The number of fused-ring (bicyclic) bond motifs is 6. The molecular weight excluding hydrogens is 765 g/mol. The Morgan fingerprint density at radius 2 is 0.548 bits per heavy atom. The lowest BCUT2D eigenvalue weighted by Crippen LogP contribution is -2.22.